The maximum atomic E-state index is 12.8. The summed E-state index contributed by atoms with van der Waals surface area (Å²) in [6, 6.07) is 3.93. The van der Waals surface area contributed by atoms with Crippen molar-refractivity contribution in [2.24, 2.45) is 0 Å². The smallest absolute Gasteiger partial charge is 0.240 e. The van der Waals surface area contributed by atoms with Crippen molar-refractivity contribution in [3.63, 3.8) is 0 Å². The SMILES string of the molecule is Cc1nccnc1Oc1ccc(F)cc1N. The Morgan fingerprint density at radius 1 is 1.25 bits per heavy atom. The fourth-order valence-corrected chi connectivity index (χ4v) is 1.21. The quantitative estimate of drug-likeness (QED) is 0.787. The van der Waals surface area contributed by atoms with Gasteiger partial charge in [-0.3, -0.25) is 4.98 Å². The van der Waals surface area contributed by atoms with Gasteiger partial charge in [0.2, 0.25) is 5.88 Å². The first-order valence-electron chi connectivity index (χ1n) is 4.67. The van der Waals surface area contributed by atoms with Gasteiger partial charge in [-0.1, -0.05) is 0 Å². The van der Waals surface area contributed by atoms with E-state index in [1.807, 2.05) is 0 Å². The summed E-state index contributed by atoms with van der Waals surface area (Å²) in [6.07, 6.45) is 3.08. The zero-order valence-electron chi connectivity index (χ0n) is 8.64. The Balaban J connectivity index is 2.31. The van der Waals surface area contributed by atoms with Gasteiger partial charge in [-0.05, 0) is 19.1 Å². The first-order chi connectivity index (χ1) is 7.66. The first-order valence-corrected chi connectivity index (χ1v) is 4.67. The van der Waals surface area contributed by atoms with Crippen LogP contribution in [0.25, 0.3) is 0 Å². The van der Waals surface area contributed by atoms with Crippen LogP contribution < -0.4 is 10.5 Å². The second-order valence-electron chi connectivity index (χ2n) is 3.23. The highest BCUT2D eigenvalue weighted by Crippen LogP contribution is 2.27. The van der Waals surface area contributed by atoms with Crippen molar-refractivity contribution in [1.82, 2.24) is 9.97 Å². The van der Waals surface area contributed by atoms with Gasteiger partial charge in [-0.25, -0.2) is 9.37 Å². The van der Waals surface area contributed by atoms with E-state index in [4.69, 9.17) is 10.5 Å². The van der Waals surface area contributed by atoms with E-state index in [1.165, 1.54) is 24.4 Å². The van der Waals surface area contributed by atoms with Gasteiger partial charge in [-0.2, -0.15) is 0 Å². The molecule has 0 atom stereocenters. The van der Waals surface area contributed by atoms with Gasteiger partial charge in [-0.15, -0.1) is 0 Å². The van der Waals surface area contributed by atoms with Gasteiger partial charge in [0.05, 0.1) is 11.4 Å². The standard InChI is InChI=1S/C11H10FN3O/c1-7-11(15-5-4-14-7)16-10-3-2-8(12)6-9(10)13/h2-6H,13H2,1H3. The molecular formula is C11H10FN3O. The van der Waals surface area contributed by atoms with Crippen molar-refractivity contribution < 1.29 is 9.13 Å². The molecular weight excluding hydrogens is 209 g/mol. The van der Waals surface area contributed by atoms with Crippen molar-refractivity contribution in [2.75, 3.05) is 5.73 Å². The van der Waals surface area contributed by atoms with Gasteiger partial charge in [0, 0.05) is 18.5 Å². The number of nitrogen functional groups attached to an aromatic ring is 1. The molecule has 0 aliphatic carbocycles. The number of halogens is 1. The van der Waals surface area contributed by atoms with Gasteiger partial charge in [0.15, 0.2) is 5.75 Å². The number of hydrogen-bond donors (Lipinski definition) is 1. The van der Waals surface area contributed by atoms with Crippen molar-refractivity contribution in [3.05, 3.63) is 42.1 Å². The highest BCUT2D eigenvalue weighted by Gasteiger charge is 2.06. The van der Waals surface area contributed by atoms with E-state index < -0.39 is 5.82 Å². The molecule has 0 unspecified atom stereocenters. The second kappa shape index (κ2) is 4.14. The lowest BCUT2D eigenvalue weighted by Crippen LogP contribution is -1.96. The minimum absolute atomic E-state index is 0.227. The molecule has 0 radical (unpaired) electrons. The number of hydrogen-bond acceptors (Lipinski definition) is 4. The van der Waals surface area contributed by atoms with E-state index in [2.05, 4.69) is 9.97 Å². The number of anilines is 1. The fourth-order valence-electron chi connectivity index (χ4n) is 1.21. The number of ether oxygens (including phenoxy) is 1. The molecule has 2 N–H and O–H groups in total. The maximum absolute atomic E-state index is 12.8. The zero-order valence-corrected chi connectivity index (χ0v) is 8.64. The molecule has 0 amide bonds. The molecule has 0 fully saturated rings. The highest BCUT2D eigenvalue weighted by molar-refractivity contribution is 5.53. The lowest BCUT2D eigenvalue weighted by Gasteiger charge is -2.08. The number of aryl methyl sites for hydroxylation is 1. The van der Waals surface area contributed by atoms with Crippen LogP contribution in [0.4, 0.5) is 10.1 Å². The molecule has 0 bridgehead atoms. The van der Waals surface area contributed by atoms with Crippen LogP contribution in [-0.2, 0) is 0 Å². The van der Waals surface area contributed by atoms with Gasteiger partial charge >= 0.3 is 0 Å². The summed E-state index contributed by atoms with van der Waals surface area (Å²) in [5.74, 6) is 0.325. The normalized spacial score (nSPS) is 10.1. The molecule has 0 saturated carbocycles. The molecule has 4 nitrogen and oxygen atoms in total. The number of nitrogens with zero attached hydrogens (tertiary/aromatic N) is 2. The summed E-state index contributed by atoms with van der Waals surface area (Å²) in [7, 11) is 0. The van der Waals surface area contributed by atoms with Crippen molar-refractivity contribution in [3.8, 4) is 11.6 Å². The Bertz CT molecular complexity index is 516. The Hall–Kier alpha value is -2.17. The lowest BCUT2D eigenvalue weighted by molar-refractivity contribution is 0.456. The van der Waals surface area contributed by atoms with Crippen LogP contribution in [0.5, 0.6) is 11.6 Å². The Kier molecular flexibility index (Phi) is 2.68. The maximum Gasteiger partial charge on any atom is 0.240 e. The summed E-state index contributed by atoms with van der Waals surface area (Å²) in [4.78, 5) is 8.02. The molecule has 1 aromatic carbocycles. The third-order valence-electron chi connectivity index (χ3n) is 2.01. The monoisotopic (exact) mass is 219 g/mol. The average molecular weight is 219 g/mol. The van der Waals surface area contributed by atoms with Crippen LogP contribution in [0.1, 0.15) is 5.69 Å². The molecule has 0 spiro atoms. The predicted molar refractivity (Wildman–Crippen MR) is 57.7 cm³/mol. The van der Waals surface area contributed by atoms with Crippen LogP contribution in [0.3, 0.4) is 0 Å². The van der Waals surface area contributed by atoms with Crippen molar-refractivity contribution >= 4 is 5.69 Å². The molecule has 16 heavy (non-hydrogen) atoms. The van der Waals surface area contributed by atoms with E-state index in [-0.39, 0.29) is 5.69 Å². The van der Waals surface area contributed by atoms with Crippen molar-refractivity contribution in [1.29, 1.82) is 0 Å². The van der Waals surface area contributed by atoms with Crippen LogP contribution >= 0.6 is 0 Å². The topological polar surface area (TPSA) is 61.0 Å². The fraction of sp³-hybridized carbons (Fsp3) is 0.0909. The minimum atomic E-state index is -0.402. The molecule has 0 aliphatic heterocycles. The summed E-state index contributed by atoms with van der Waals surface area (Å²) in [5, 5.41) is 0. The summed E-state index contributed by atoms with van der Waals surface area (Å²) < 4.78 is 18.2. The molecule has 82 valence electrons. The number of benzene rings is 1. The van der Waals surface area contributed by atoms with E-state index in [0.717, 1.165) is 0 Å². The van der Waals surface area contributed by atoms with Gasteiger partial charge in [0.1, 0.15) is 5.82 Å². The first kappa shape index (κ1) is 10.4. The molecule has 0 saturated heterocycles. The van der Waals surface area contributed by atoms with Crippen LogP contribution in [0.15, 0.2) is 30.6 Å². The highest BCUT2D eigenvalue weighted by atomic mass is 19.1. The number of nitrogens with two attached hydrogens (primary N) is 1. The zero-order chi connectivity index (χ0) is 11.5. The third kappa shape index (κ3) is 2.08. The van der Waals surface area contributed by atoms with Crippen molar-refractivity contribution in [2.45, 2.75) is 6.92 Å². The van der Waals surface area contributed by atoms with Gasteiger partial charge < -0.3 is 10.5 Å². The molecule has 2 rings (SSSR count). The lowest BCUT2D eigenvalue weighted by atomic mass is 10.3. The second-order valence-corrected chi connectivity index (χ2v) is 3.23. The summed E-state index contributed by atoms with van der Waals surface area (Å²) in [6.45, 7) is 1.77. The Morgan fingerprint density at radius 2 is 2.00 bits per heavy atom. The predicted octanol–water partition coefficient (Wildman–Crippen LogP) is 2.30. The van der Waals surface area contributed by atoms with E-state index in [1.54, 1.807) is 13.1 Å². The molecule has 1 aromatic heterocycles. The molecule has 5 heteroatoms. The van der Waals surface area contributed by atoms with E-state index >= 15 is 0 Å². The Morgan fingerprint density at radius 3 is 2.69 bits per heavy atom. The number of aromatic nitrogens is 2. The largest absolute Gasteiger partial charge is 0.435 e. The molecule has 1 heterocycles. The molecule has 2 aromatic rings. The van der Waals surface area contributed by atoms with Crippen LogP contribution in [-0.4, -0.2) is 9.97 Å². The molecule has 0 aliphatic rings. The minimum Gasteiger partial charge on any atom is -0.435 e. The number of rotatable bonds is 2. The summed E-state index contributed by atoms with van der Waals surface area (Å²) >= 11 is 0. The van der Waals surface area contributed by atoms with E-state index in [0.29, 0.717) is 17.3 Å². The summed E-state index contributed by atoms with van der Waals surface area (Å²) in [5.41, 5.74) is 6.48. The third-order valence-corrected chi connectivity index (χ3v) is 2.01. The van der Waals surface area contributed by atoms with Crippen LogP contribution in [0.2, 0.25) is 0 Å². The van der Waals surface area contributed by atoms with Gasteiger partial charge in [0.25, 0.3) is 0 Å². The van der Waals surface area contributed by atoms with E-state index in [9.17, 15) is 4.39 Å². The van der Waals surface area contributed by atoms with Crippen LogP contribution in [0, 0.1) is 12.7 Å². The average Bonchev–Trinajstić information content (AvgIpc) is 2.25. The Labute approximate surface area is 91.9 Å².